The predicted octanol–water partition coefficient (Wildman–Crippen LogP) is 2.41. The molecule has 0 aliphatic heterocycles. The van der Waals surface area contributed by atoms with Crippen LogP contribution in [-0.2, 0) is 6.61 Å². The first-order valence-electron chi connectivity index (χ1n) is 5.73. The number of nitrogens with zero attached hydrogens (tertiary/aromatic N) is 2. The van der Waals surface area contributed by atoms with Gasteiger partial charge in [0.05, 0.1) is 10.5 Å². The van der Waals surface area contributed by atoms with E-state index >= 15 is 0 Å². The average molecular weight is 292 g/mol. The molecule has 0 atom stereocenters. The maximum Gasteiger partial charge on any atom is 0.337 e. The molecule has 8 heteroatoms. The number of carboxylic acids is 1. The summed E-state index contributed by atoms with van der Waals surface area (Å²) in [6.45, 7) is -0.257. The van der Waals surface area contributed by atoms with Crippen LogP contribution in [0.3, 0.4) is 0 Å². The molecule has 1 aromatic carbocycles. The number of hydrogen-bond donors (Lipinski definition) is 1. The highest BCUT2D eigenvalue weighted by Gasteiger charge is 2.20. The van der Waals surface area contributed by atoms with Crippen molar-refractivity contribution in [3.05, 3.63) is 63.6 Å². The Kier molecular flexibility index (Phi) is 4.07. The summed E-state index contributed by atoms with van der Waals surface area (Å²) in [7, 11) is 0. The molecule has 0 aliphatic carbocycles. The van der Waals surface area contributed by atoms with Crippen LogP contribution in [0.2, 0.25) is 0 Å². The lowest BCUT2D eigenvalue weighted by Crippen LogP contribution is -2.05. The van der Waals surface area contributed by atoms with E-state index in [1.165, 1.54) is 18.2 Å². The van der Waals surface area contributed by atoms with Gasteiger partial charge in [-0.05, 0) is 6.07 Å². The summed E-state index contributed by atoms with van der Waals surface area (Å²) < 4.78 is 18.5. The van der Waals surface area contributed by atoms with Crippen molar-refractivity contribution in [2.45, 2.75) is 6.61 Å². The van der Waals surface area contributed by atoms with Crippen LogP contribution < -0.4 is 4.74 Å². The Balaban J connectivity index is 2.26. The van der Waals surface area contributed by atoms with Gasteiger partial charge in [-0.3, -0.25) is 10.1 Å². The molecule has 0 spiro atoms. The van der Waals surface area contributed by atoms with Gasteiger partial charge >= 0.3 is 11.7 Å². The molecule has 108 valence electrons. The Morgan fingerprint density at radius 3 is 2.76 bits per heavy atom. The highest BCUT2D eigenvalue weighted by molar-refractivity contribution is 5.88. The number of rotatable bonds is 5. The van der Waals surface area contributed by atoms with Gasteiger partial charge in [-0.1, -0.05) is 18.2 Å². The van der Waals surface area contributed by atoms with E-state index in [0.717, 1.165) is 12.3 Å². The minimum absolute atomic E-state index is 0.205. The van der Waals surface area contributed by atoms with Gasteiger partial charge in [-0.25, -0.2) is 14.2 Å². The van der Waals surface area contributed by atoms with Gasteiger partial charge in [0.25, 0.3) is 5.88 Å². The summed E-state index contributed by atoms with van der Waals surface area (Å²) in [5.41, 5.74) is -0.720. The third-order valence-corrected chi connectivity index (χ3v) is 2.60. The lowest BCUT2D eigenvalue weighted by molar-refractivity contribution is -0.386. The van der Waals surface area contributed by atoms with Crippen molar-refractivity contribution in [1.82, 2.24) is 4.98 Å². The third-order valence-electron chi connectivity index (χ3n) is 2.60. The van der Waals surface area contributed by atoms with E-state index in [-0.39, 0.29) is 23.6 Å². The van der Waals surface area contributed by atoms with Crippen LogP contribution in [-0.4, -0.2) is 21.0 Å². The molecule has 1 N–H and O–H groups in total. The zero-order valence-corrected chi connectivity index (χ0v) is 10.5. The smallest absolute Gasteiger partial charge is 0.337 e. The van der Waals surface area contributed by atoms with Crippen molar-refractivity contribution in [3.63, 3.8) is 0 Å². The summed E-state index contributed by atoms with van der Waals surface area (Å²) in [5.74, 6) is -2.22. The topological polar surface area (TPSA) is 103 Å². The van der Waals surface area contributed by atoms with Crippen molar-refractivity contribution >= 4 is 11.7 Å². The SMILES string of the molecule is O=C(O)c1cnc(OCc2ccccc2F)c([N+](=O)[O-])c1. The van der Waals surface area contributed by atoms with Crippen LogP contribution in [0.15, 0.2) is 36.5 Å². The third kappa shape index (κ3) is 3.30. The second-order valence-corrected chi connectivity index (χ2v) is 3.99. The molecule has 2 rings (SSSR count). The highest BCUT2D eigenvalue weighted by atomic mass is 19.1. The maximum atomic E-state index is 13.4. The molecule has 0 saturated heterocycles. The number of pyridine rings is 1. The van der Waals surface area contributed by atoms with Crippen LogP contribution in [0.5, 0.6) is 5.88 Å². The zero-order chi connectivity index (χ0) is 15.4. The minimum atomic E-state index is -1.34. The van der Waals surface area contributed by atoms with Crippen molar-refractivity contribution in [2.24, 2.45) is 0 Å². The van der Waals surface area contributed by atoms with E-state index in [4.69, 9.17) is 9.84 Å². The monoisotopic (exact) mass is 292 g/mol. The molecule has 1 heterocycles. The van der Waals surface area contributed by atoms with Gasteiger partial charge in [-0.15, -0.1) is 0 Å². The van der Waals surface area contributed by atoms with Crippen LogP contribution in [0.1, 0.15) is 15.9 Å². The number of aromatic carboxylic acids is 1. The Morgan fingerprint density at radius 2 is 2.14 bits per heavy atom. The van der Waals surface area contributed by atoms with Gasteiger partial charge in [0.2, 0.25) is 0 Å². The first-order chi connectivity index (χ1) is 9.99. The summed E-state index contributed by atoms with van der Waals surface area (Å²) in [4.78, 5) is 24.4. The molecule has 0 aliphatic rings. The number of benzene rings is 1. The van der Waals surface area contributed by atoms with Crippen molar-refractivity contribution in [1.29, 1.82) is 0 Å². The normalized spacial score (nSPS) is 10.1. The highest BCUT2D eigenvalue weighted by Crippen LogP contribution is 2.26. The lowest BCUT2D eigenvalue weighted by atomic mass is 10.2. The Bertz CT molecular complexity index is 705. The summed E-state index contributed by atoms with van der Waals surface area (Å²) >= 11 is 0. The molecule has 0 amide bonds. The Hall–Kier alpha value is -3.03. The largest absolute Gasteiger partial charge is 0.478 e. The summed E-state index contributed by atoms with van der Waals surface area (Å²) in [6.07, 6.45) is 0.937. The van der Waals surface area contributed by atoms with Gasteiger partial charge in [0.1, 0.15) is 12.4 Å². The van der Waals surface area contributed by atoms with Crippen molar-refractivity contribution in [2.75, 3.05) is 0 Å². The van der Waals surface area contributed by atoms with E-state index in [0.29, 0.717) is 0 Å². The van der Waals surface area contributed by atoms with Gasteiger partial charge < -0.3 is 9.84 Å². The van der Waals surface area contributed by atoms with Gasteiger partial charge in [-0.2, -0.15) is 0 Å². The Labute approximate surface area is 117 Å². The standard InChI is InChI=1S/C13H9FN2O5/c14-10-4-2-1-3-8(10)7-21-12-11(16(19)20)5-9(6-15-12)13(17)18/h1-6H,7H2,(H,17,18). The Morgan fingerprint density at radius 1 is 1.43 bits per heavy atom. The summed E-state index contributed by atoms with van der Waals surface area (Å²) in [6, 6.07) is 6.63. The molecule has 2 aromatic rings. The number of carboxylic acid groups (broad SMARTS) is 1. The van der Waals surface area contributed by atoms with Crippen LogP contribution >= 0.6 is 0 Å². The molecule has 21 heavy (non-hydrogen) atoms. The van der Waals surface area contributed by atoms with E-state index in [1.54, 1.807) is 6.07 Å². The van der Waals surface area contributed by atoms with Gasteiger partial charge in [0, 0.05) is 17.8 Å². The molecule has 7 nitrogen and oxygen atoms in total. The fraction of sp³-hybridized carbons (Fsp3) is 0.0769. The molecule has 0 radical (unpaired) electrons. The predicted molar refractivity (Wildman–Crippen MR) is 68.6 cm³/mol. The molecule has 0 fully saturated rings. The number of aromatic nitrogens is 1. The number of hydrogen-bond acceptors (Lipinski definition) is 5. The minimum Gasteiger partial charge on any atom is -0.478 e. The van der Waals surface area contributed by atoms with E-state index in [9.17, 15) is 19.3 Å². The zero-order valence-electron chi connectivity index (χ0n) is 10.5. The average Bonchev–Trinajstić information content (AvgIpc) is 2.46. The molecule has 0 unspecified atom stereocenters. The number of carbonyl (C=O) groups is 1. The number of halogens is 1. The summed E-state index contributed by atoms with van der Waals surface area (Å²) in [5, 5.41) is 19.7. The maximum absolute atomic E-state index is 13.4. The van der Waals surface area contributed by atoms with Crippen LogP contribution in [0.25, 0.3) is 0 Å². The fourth-order valence-electron chi connectivity index (χ4n) is 1.56. The second kappa shape index (κ2) is 5.95. The second-order valence-electron chi connectivity index (χ2n) is 3.99. The van der Waals surface area contributed by atoms with E-state index in [1.807, 2.05) is 0 Å². The van der Waals surface area contributed by atoms with E-state index < -0.39 is 22.4 Å². The van der Waals surface area contributed by atoms with Crippen molar-refractivity contribution < 1.29 is 24.0 Å². The first kappa shape index (κ1) is 14.4. The number of nitro groups is 1. The quantitative estimate of drug-likeness (QED) is 0.670. The molecular weight excluding hydrogens is 283 g/mol. The molecule has 1 aromatic heterocycles. The fourth-order valence-corrected chi connectivity index (χ4v) is 1.56. The molecule has 0 saturated carbocycles. The molecule has 0 bridgehead atoms. The lowest BCUT2D eigenvalue weighted by Gasteiger charge is -2.07. The van der Waals surface area contributed by atoms with Gasteiger partial charge in [0.15, 0.2) is 0 Å². The van der Waals surface area contributed by atoms with Crippen LogP contribution in [0, 0.1) is 15.9 Å². The number of ether oxygens (including phenoxy) is 1. The first-order valence-corrected chi connectivity index (χ1v) is 5.73. The van der Waals surface area contributed by atoms with Crippen LogP contribution in [0.4, 0.5) is 10.1 Å². The van der Waals surface area contributed by atoms with E-state index in [2.05, 4.69) is 4.98 Å². The van der Waals surface area contributed by atoms with Crippen molar-refractivity contribution in [3.8, 4) is 5.88 Å². The molecular formula is C13H9FN2O5.